The molecule has 2 N–H and O–H groups in total. The van der Waals surface area contributed by atoms with E-state index in [0.717, 1.165) is 5.69 Å². The lowest BCUT2D eigenvalue weighted by Gasteiger charge is -2.14. The molecule has 0 radical (unpaired) electrons. The van der Waals surface area contributed by atoms with E-state index in [9.17, 15) is 8.78 Å². The zero-order valence-electron chi connectivity index (χ0n) is 13.0. The number of ether oxygens (including phenoxy) is 1. The molecule has 0 fully saturated rings. The van der Waals surface area contributed by atoms with Crippen LogP contribution in [0.25, 0.3) is 0 Å². The smallest absolute Gasteiger partial charge is 0.387 e. The molecule has 1 aromatic carbocycles. The molecule has 2 aromatic rings. The molecule has 2 rings (SSSR count). The number of hydrogen-bond acceptors (Lipinski definition) is 3. The van der Waals surface area contributed by atoms with Gasteiger partial charge < -0.3 is 15.4 Å². The molecule has 124 valence electrons. The van der Waals surface area contributed by atoms with Crippen molar-refractivity contribution in [1.29, 1.82) is 0 Å². The Labute approximate surface area is 133 Å². The molecule has 0 spiro atoms. The molecule has 0 aliphatic heterocycles. The Morgan fingerprint density at radius 3 is 2.65 bits per heavy atom. The summed E-state index contributed by atoms with van der Waals surface area (Å²) in [4.78, 5) is 4.10. The van der Waals surface area contributed by atoms with Crippen LogP contribution in [0.15, 0.2) is 41.5 Å². The van der Waals surface area contributed by atoms with Crippen molar-refractivity contribution in [2.24, 2.45) is 12.0 Å². The van der Waals surface area contributed by atoms with Crippen LogP contribution in [0, 0.1) is 0 Å². The maximum Gasteiger partial charge on any atom is 0.387 e. The van der Waals surface area contributed by atoms with Crippen LogP contribution in [0.5, 0.6) is 5.75 Å². The summed E-state index contributed by atoms with van der Waals surface area (Å²) in [7, 11) is 3.49. The zero-order chi connectivity index (χ0) is 16.7. The van der Waals surface area contributed by atoms with Gasteiger partial charge in [0.25, 0.3) is 0 Å². The Morgan fingerprint density at radius 1 is 1.26 bits per heavy atom. The van der Waals surface area contributed by atoms with Crippen molar-refractivity contribution >= 4 is 5.96 Å². The average Bonchev–Trinajstić information content (AvgIpc) is 2.93. The second kappa shape index (κ2) is 8.11. The number of halogens is 2. The molecule has 0 unspecified atom stereocenters. The lowest BCUT2D eigenvalue weighted by Crippen LogP contribution is -2.36. The Bertz CT molecular complexity index is 657. The van der Waals surface area contributed by atoms with E-state index < -0.39 is 6.61 Å². The number of nitrogens with zero attached hydrogens (tertiary/aromatic N) is 3. The summed E-state index contributed by atoms with van der Waals surface area (Å²) in [5, 5.41) is 10.3. The molecule has 23 heavy (non-hydrogen) atoms. The zero-order valence-corrected chi connectivity index (χ0v) is 13.0. The highest BCUT2D eigenvalue weighted by Gasteiger charge is 2.09. The highest BCUT2D eigenvalue weighted by atomic mass is 19.3. The van der Waals surface area contributed by atoms with Gasteiger partial charge in [-0.2, -0.15) is 13.9 Å². The van der Waals surface area contributed by atoms with Crippen molar-refractivity contribution in [3.63, 3.8) is 0 Å². The maximum absolute atomic E-state index is 12.4. The number of benzene rings is 1. The number of nitrogens with one attached hydrogen (secondary N) is 2. The third kappa shape index (κ3) is 4.94. The van der Waals surface area contributed by atoms with Crippen LogP contribution >= 0.6 is 0 Å². The molecule has 1 heterocycles. The van der Waals surface area contributed by atoms with Gasteiger partial charge in [-0.15, -0.1) is 0 Å². The second-order valence-corrected chi connectivity index (χ2v) is 4.71. The summed E-state index contributed by atoms with van der Waals surface area (Å²) in [6.07, 6.45) is 1.71. The van der Waals surface area contributed by atoms with E-state index in [1.807, 2.05) is 13.1 Å². The van der Waals surface area contributed by atoms with Crippen LogP contribution in [-0.4, -0.2) is 29.4 Å². The molecule has 0 aliphatic carbocycles. The van der Waals surface area contributed by atoms with E-state index in [1.54, 1.807) is 36.1 Å². The number of aryl methyl sites for hydroxylation is 1. The minimum absolute atomic E-state index is 0.150. The van der Waals surface area contributed by atoms with Gasteiger partial charge in [0.15, 0.2) is 5.96 Å². The fourth-order valence-electron chi connectivity index (χ4n) is 2.01. The number of rotatable bonds is 6. The van der Waals surface area contributed by atoms with Crippen LogP contribution in [0.4, 0.5) is 8.78 Å². The molecular formula is C15H19F2N5O. The standard InChI is InChI=1S/C15H19F2N5O/c1-18-15(20-10-12-7-8-21-22(12)2)19-9-11-5-3-4-6-13(11)23-14(16)17/h3-8,14H,9-10H2,1-2H3,(H2,18,19,20). The van der Waals surface area contributed by atoms with Gasteiger partial charge in [0.1, 0.15) is 5.75 Å². The first-order valence-corrected chi connectivity index (χ1v) is 7.04. The highest BCUT2D eigenvalue weighted by molar-refractivity contribution is 5.79. The quantitative estimate of drug-likeness (QED) is 0.629. The van der Waals surface area contributed by atoms with Gasteiger partial charge in [0.05, 0.1) is 12.2 Å². The molecule has 0 aliphatic rings. The summed E-state index contributed by atoms with van der Waals surface area (Å²) in [5.41, 5.74) is 1.62. The van der Waals surface area contributed by atoms with Gasteiger partial charge in [-0.05, 0) is 12.1 Å². The number of guanidine groups is 1. The van der Waals surface area contributed by atoms with Gasteiger partial charge in [0.2, 0.25) is 0 Å². The molecule has 0 atom stereocenters. The van der Waals surface area contributed by atoms with Gasteiger partial charge >= 0.3 is 6.61 Å². The van der Waals surface area contributed by atoms with Crippen LogP contribution in [0.2, 0.25) is 0 Å². The van der Waals surface area contributed by atoms with Crippen molar-refractivity contribution in [3.05, 3.63) is 47.8 Å². The van der Waals surface area contributed by atoms with Crippen LogP contribution in [0.1, 0.15) is 11.3 Å². The Balaban J connectivity index is 1.92. The number of hydrogen-bond donors (Lipinski definition) is 2. The fraction of sp³-hybridized carbons (Fsp3) is 0.333. The van der Waals surface area contributed by atoms with E-state index in [-0.39, 0.29) is 5.75 Å². The number of para-hydroxylation sites is 1. The summed E-state index contributed by atoms with van der Waals surface area (Å²) in [6, 6.07) is 8.54. The molecule has 6 nitrogen and oxygen atoms in total. The normalized spacial score (nSPS) is 11.6. The Kier molecular flexibility index (Phi) is 5.90. The SMILES string of the molecule is CN=C(NCc1ccccc1OC(F)F)NCc1ccnn1C. The molecule has 0 bridgehead atoms. The topological polar surface area (TPSA) is 63.5 Å². The molecule has 0 saturated heterocycles. The summed E-state index contributed by atoms with van der Waals surface area (Å²) >= 11 is 0. The second-order valence-electron chi connectivity index (χ2n) is 4.71. The van der Waals surface area contributed by atoms with Gasteiger partial charge in [-0.1, -0.05) is 18.2 Å². The number of aliphatic imine (C=N–C) groups is 1. The van der Waals surface area contributed by atoms with E-state index in [1.165, 1.54) is 6.07 Å². The van der Waals surface area contributed by atoms with Crippen molar-refractivity contribution in [3.8, 4) is 5.75 Å². The predicted octanol–water partition coefficient (Wildman–Crippen LogP) is 1.89. The third-order valence-corrected chi connectivity index (χ3v) is 3.22. The van der Waals surface area contributed by atoms with Crippen molar-refractivity contribution in [2.75, 3.05) is 7.05 Å². The first kappa shape index (κ1) is 16.7. The monoisotopic (exact) mass is 323 g/mol. The van der Waals surface area contributed by atoms with Crippen LogP contribution in [-0.2, 0) is 20.1 Å². The maximum atomic E-state index is 12.4. The third-order valence-electron chi connectivity index (χ3n) is 3.22. The molecule has 0 amide bonds. The van der Waals surface area contributed by atoms with Gasteiger partial charge in [-0.25, -0.2) is 0 Å². The highest BCUT2D eigenvalue weighted by Crippen LogP contribution is 2.19. The molecule has 1 aromatic heterocycles. The van der Waals surface area contributed by atoms with Crippen molar-refractivity contribution in [1.82, 2.24) is 20.4 Å². The lowest BCUT2D eigenvalue weighted by atomic mass is 10.2. The van der Waals surface area contributed by atoms with E-state index in [2.05, 4.69) is 25.5 Å². The first-order chi connectivity index (χ1) is 11.1. The van der Waals surface area contributed by atoms with E-state index in [0.29, 0.717) is 24.6 Å². The van der Waals surface area contributed by atoms with Crippen molar-refractivity contribution < 1.29 is 13.5 Å². The summed E-state index contributed by atoms with van der Waals surface area (Å²) in [6.45, 7) is -1.99. The van der Waals surface area contributed by atoms with Crippen LogP contribution < -0.4 is 15.4 Å². The molecule has 8 heteroatoms. The minimum Gasteiger partial charge on any atom is -0.434 e. The average molecular weight is 323 g/mol. The Morgan fingerprint density at radius 2 is 2.00 bits per heavy atom. The largest absolute Gasteiger partial charge is 0.434 e. The van der Waals surface area contributed by atoms with Crippen molar-refractivity contribution in [2.45, 2.75) is 19.7 Å². The summed E-state index contributed by atoms with van der Waals surface area (Å²) in [5.74, 6) is 0.704. The molecule has 0 saturated carbocycles. The first-order valence-electron chi connectivity index (χ1n) is 7.04. The van der Waals surface area contributed by atoms with E-state index in [4.69, 9.17) is 0 Å². The number of aromatic nitrogens is 2. The number of alkyl halides is 2. The fourth-order valence-corrected chi connectivity index (χ4v) is 2.01. The predicted molar refractivity (Wildman–Crippen MR) is 83.3 cm³/mol. The lowest BCUT2D eigenvalue weighted by molar-refractivity contribution is -0.0504. The summed E-state index contributed by atoms with van der Waals surface area (Å²) < 4.78 is 31.0. The minimum atomic E-state index is -2.85. The Hall–Kier alpha value is -2.64. The molecular weight excluding hydrogens is 304 g/mol. The van der Waals surface area contributed by atoms with Gasteiger partial charge in [0, 0.05) is 32.4 Å². The van der Waals surface area contributed by atoms with Gasteiger partial charge in [-0.3, -0.25) is 9.67 Å². The van der Waals surface area contributed by atoms with Crippen LogP contribution in [0.3, 0.4) is 0 Å². The van der Waals surface area contributed by atoms with E-state index >= 15 is 0 Å².